The molecule has 0 unspecified atom stereocenters. The molecular formula is C13H15ClN2OS. The lowest BCUT2D eigenvalue weighted by atomic mass is 9.99. The zero-order valence-corrected chi connectivity index (χ0v) is 12.1. The average molecular weight is 283 g/mol. The van der Waals surface area contributed by atoms with Gasteiger partial charge >= 0.3 is 0 Å². The summed E-state index contributed by atoms with van der Waals surface area (Å²) in [4.78, 5) is 0. The second-order valence-electron chi connectivity index (χ2n) is 4.61. The first kappa shape index (κ1) is 13.2. The molecule has 0 atom stereocenters. The van der Waals surface area contributed by atoms with Crippen molar-refractivity contribution < 1.29 is 4.74 Å². The molecule has 18 heavy (non-hydrogen) atoms. The molecule has 0 radical (unpaired) electrons. The number of benzene rings is 1. The summed E-state index contributed by atoms with van der Waals surface area (Å²) in [5.41, 5.74) is 1.44. The Hall–Kier alpha value is -1.26. The van der Waals surface area contributed by atoms with Gasteiger partial charge < -0.3 is 15.4 Å². The van der Waals surface area contributed by atoms with E-state index in [9.17, 15) is 0 Å². The minimum absolute atomic E-state index is 0.382. The van der Waals surface area contributed by atoms with Crippen molar-refractivity contribution >= 4 is 34.6 Å². The minimum atomic E-state index is -0.382. The lowest BCUT2D eigenvalue weighted by Crippen LogP contribution is -2.36. The molecule has 1 heterocycles. The van der Waals surface area contributed by atoms with Crippen molar-refractivity contribution in [2.45, 2.75) is 19.4 Å². The van der Waals surface area contributed by atoms with Gasteiger partial charge in [-0.05, 0) is 50.3 Å². The first-order valence-electron chi connectivity index (χ1n) is 5.62. The SMILES string of the molecule is CNC(=S)NC1=CC(C)(C)Oc2ccc(Cl)cc21. The van der Waals surface area contributed by atoms with Crippen LogP contribution >= 0.6 is 23.8 Å². The molecule has 1 aliphatic heterocycles. The predicted molar refractivity (Wildman–Crippen MR) is 78.9 cm³/mol. The molecule has 0 saturated heterocycles. The van der Waals surface area contributed by atoms with Crippen LogP contribution in [0.1, 0.15) is 19.4 Å². The molecule has 96 valence electrons. The number of nitrogens with one attached hydrogen (secondary N) is 2. The highest BCUT2D eigenvalue weighted by Crippen LogP contribution is 2.36. The zero-order chi connectivity index (χ0) is 13.3. The Morgan fingerprint density at radius 3 is 2.78 bits per heavy atom. The van der Waals surface area contributed by atoms with Crippen molar-refractivity contribution in [1.82, 2.24) is 10.6 Å². The number of rotatable bonds is 1. The monoisotopic (exact) mass is 282 g/mol. The van der Waals surface area contributed by atoms with Crippen LogP contribution in [-0.4, -0.2) is 17.8 Å². The van der Waals surface area contributed by atoms with Crippen LogP contribution in [0.25, 0.3) is 5.70 Å². The van der Waals surface area contributed by atoms with Crippen molar-refractivity contribution in [3.8, 4) is 5.75 Å². The molecule has 0 fully saturated rings. The summed E-state index contributed by atoms with van der Waals surface area (Å²) >= 11 is 11.2. The number of ether oxygens (including phenoxy) is 1. The van der Waals surface area contributed by atoms with Gasteiger partial charge in [-0.3, -0.25) is 0 Å². The summed E-state index contributed by atoms with van der Waals surface area (Å²) in [5, 5.41) is 7.27. The first-order chi connectivity index (χ1) is 8.41. The van der Waals surface area contributed by atoms with Gasteiger partial charge in [-0.15, -0.1) is 0 Å². The van der Waals surface area contributed by atoms with Gasteiger partial charge in [-0.2, -0.15) is 0 Å². The lowest BCUT2D eigenvalue weighted by molar-refractivity contribution is 0.157. The molecule has 0 bridgehead atoms. The summed E-state index contributed by atoms with van der Waals surface area (Å²) < 4.78 is 5.88. The molecule has 0 amide bonds. The van der Waals surface area contributed by atoms with Crippen molar-refractivity contribution in [2.24, 2.45) is 0 Å². The highest BCUT2D eigenvalue weighted by Gasteiger charge is 2.26. The molecule has 0 saturated carbocycles. The van der Waals surface area contributed by atoms with E-state index in [0.717, 1.165) is 17.0 Å². The van der Waals surface area contributed by atoms with Gasteiger partial charge in [0.1, 0.15) is 11.4 Å². The summed E-state index contributed by atoms with van der Waals surface area (Å²) in [6.07, 6.45) is 2.00. The van der Waals surface area contributed by atoms with E-state index in [-0.39, 0.29) is 5.60 Å². The molecule has 0 aliphatic carbocycles. The van der Waals surface area contributed by atoms with E-state index in [4.69, 9.17) is 28.6 Å². The van der Waals surface area contributed by atoms with Crippen molar-refractivity contribution in [1.29, 1.82) is 0 Å². The van der Waals surface area contributed by atoms with Crippen LogP contribution in [0, 0.1) is 0 Å². The third-order valence-corrected chi connectivity index (χ3v) is 3.11. The third-order valence-electron chi connectivity index (χ3n) is 2.57. The van der Waals surface area contributed by atoms with Gasteiger partial charge in [-0.25, -0.2) is 0 Å². The molecule has 1 aliphatic rings. The molecule has 1 aromatic rings. The van der Waals surface area contributed by atoms with E-state index in [2.05, 4.69) is 10.6 Å². The summed E-state index contributed by atoms with van der Waals surface area (Å²) in [6.45, 7) is 3.99. The summed E-state index contributed by atoms with van der Waals surface area (Å²) in [6, 6.07) is 5.55. The number of halogens is 1. The summed E-state index contributed by atoms with van der Waals surface area (Å²) in [5.74, 6) is 0.799. The third kappa shape index (κ3) is 2.76. The average Bonchev–Trinajstić information content (AvgIpc) is 2.29. The number of fused-ring (bicyclic) bond motifs is 1. The van der Waals surface area contributed by atoms with Crippen LogP contribution in [-0.2, 0) is 0 Å². The Morgan fingerprint density at radius 2 is 2.11 bits per heavy atom. The Labute approximate surface area is 117 Å². The second kappa shape index (κ2) is 4.78. The molecular weight excluding hydrogens is 268 g/mol. The fraction of sp³-hybridized carbons (Fsp3) is 0.308. The largest absolute Gasteiger partial charge is 0.483 e. The van der Waals surface area contributed by atoms with Crippen LogP contribution in [0.3, 0.4) is 0 Å². The van der Waals surface area contributed by atoms with E-state index < -0.39 is 0 Å². The Morgan fingerprint density at radius 1 is 1.39 bits per heavy atom. The molecule has 0 spiro atoms. The van der Waals surface area contributed by atoms with Crippen LogP contribution in [0.5, 0.6) is 5.75 Å². The molecule has 2 rings (SSSR count). The van der Waals surface area contributed by atoms with Gasteiger partial charge in [0.15, 0.2) is 5.11 Å². The number of hydrogen-bond donors (Lipinski definition) is 2. The Kier molecular flexibility index (Phi) is 3.50. The fourth-order valence-electron chi connectivity index (χ4n) is 1.83. The maximum Gasteiger partial charge on any atom is 0.170 e. The van der Waals surface area contributed by atoms with Gasteiger partial charge in [0.25, 0.3) is 0 Å². The summed E-state index contributed by atoms with van der Waals surface area (Å²) in [7, 11) is 1.78. The first-order valence-corrected chi connectivity index (χ1v) is 6.40. The molecule has 0 aromatic heterocycles. The standard InChI is InChI=1S/C13H15ClN2OS/c1-13(2)7-10(16-12(18)15-3)9-6-8(14)4-5-11(9)17-13/h4-7H,1-3H3,(H2,15,16,18). The quantitative estimate of drug-likeness (QED) is 0.776. The van der Waals surface area contributed by atoms with E-state index in [0.29, 0.717) is 10.1 Å². The van der Waals surface area contributed by atoms with Gasteiger partial charge in [-0.1, -0.05) is 11.6 Å². The van der Waals surface area contributed by atoms with E-state index in [1.165, 1.54) is 0 Å². The zero-order valence-electron chi connectivity index (χ0n) is 10.5. The van der Waals surface area contributed by atoms with Gasteiger partial charge in [0.2, 0.25) is 0 Å². The molecule has 5 heteroatoms. The van der Waals surface area contributed by atoms with Crippen molar-refractivity contribution in [2.75, 3.05) is 7.05 Å². The predicted octanol–water partition coefficient (Wildman–Crippen LogP) is 2.95. The van der Waals surface area contributed by atoms with Crippen LogP contribution in [0.15, 0.2) is 24.3 Å². The number of hydrogen-bond acceptors (Lipinski definition) is 2. The topological polar surface area (TPSA) is 33.3 Å². The van der Waals surface area contributed by atoms with Gasteiger partial charge in [0, 0.05) is 17.6 Å². The van der Waals surface area contributed by atoms with E-state index in [1.54, 1.807) is 7.05 Å². The van der Waals surface area contributed by atoms with E-state index in [1.807, 2.05) is 38.1 Å². The van der Waals surface area contributed by atoms with Crippen LogP contribution in [0.4, 0.5) is 0 Å². The normalized spacial score (nSPS) is 16.1. The van der Waals surface area contributed by atoms with E-state index >= 15 is 0 Å². The lowest BCUT2D eigenvalue weighted by Gasteiger charge is -2.31. The Balaban J connectivity index is 2.45. The molecule has 2 N–H and O–H groups in total. The maximum atomic E-state index is 6.02. The van der Waals surface area contributed by atoms with Crippen molar-refractivity contribution in [3.05, 3.63) is 34.9 Å². The van der Waals surface area contributed by atoms with Crippen LogP contribution < -0.4 is 15.4 Å². The number of thiocarbonyl (C=S) groups is 1. The highest BCUT2D eigenvalue weighted by molar-refractivity contribution is 7.80. The second-order valence-corrected chi connectivity index (χ2v) is 5.45. The minimum Gasteiger partial charge on any atom is -0.483 e. The fourth-order valence-corrected chi connectivity index (χ4v) is 2.11. The maximum absolute atomic E-state index is 6.02. The smallest absolute Gasteiger partial charge is 0.170 e. The Bertz CT molecular complexity index is 526. The highest BCUT2D eigenvalue weighted by atomic mass is 35.5. The van der Waals surface area contributed by atoms with Crippen LogP contribution in [0.2, 0.25) is 5.02 Å². The van der Waals surface area contributed by atoms with Gasteiger partial charge in [0.05, 0.1) is 5.70 Å². The molecule has 1 aromatic carbocycles. The molecule has 3 nitrogen and oxygen atoms in total. The van der Waals surface area contributed by atoms with Crippen molar-refractivity contribution in [3.63, 3.8) is 0 Å².